The Hall–Kier alpha value is -5.70. The fourth-order valence-corrected chi connectivity index (χ4v) is 8.27. The number of aliphatic imine (C=N–C) groups is 1. The Kier molecular flexibility index (Phi) is 5.68. The van der Waals surface area contributed by atoms with E-state index in [2.05, 4.69) is 114 Å². The molecule has 0 aliphatic carbocycles. The number of aromatic nitrogens is 1. The molecule has 6 aromatic carbocycles. The van der Waals surface area contributed by atoms with Crippen LogP contribution in [0.25, 0.3) is 47.7 Å². The summed E-state index contributed by atoms with van der Waals surface area (Å²) in [5, 5.41) is 18.8. The summed E-state index contributed by atoms with van der Waals surface area (Å²) in [5.41, 5.74) is 9.21. The highest BCUT2D eigenvalue weighted by Crippen LogP contribution is 2.44. The molecule has 0 radical (unpaired) electrons. The van der Waals surface area contributed by atoms with Gasteiger partial charge in [-0.3, -0.25) is 4.99 Å². The molecule has 0 saturated carbocycles. The SMILES string of the molecule is Cc1cc(-n2c3ccccc3c3c4sc5ccccc5c4ccc32)ccc1C1N=C(c2ccccc2)Nc2cccc(C#N)c21. The van der Waals surface area contributed by atoms with Crippen molar-refractivity contribution in [3.63, 3.8) is 0 Å². The molecule has 0 fully saturated rings. The maximum atomic E-state index is 10.1. The van der Waals surface area contributed by atoms with Crippen LogP contribution in [0.5, 0.6) is 0 Å². The summed E-state index contributed by atoms with van der Waals surface area (Å²) in [6.45, 7) is 2.16. The number of hydrogen-bond acceptors (Lipinski definition) is 4. The Balaban J connectivity index is 1.25. The normalized spacial score (nSPS) is 14.4. The van der Waals surface area contributed by atoms with E-state index in [-0.39, 0.29) is 6.04 Å². The van der Waals surface area contributed by atoms with Crippen molar-refractivity contribution in [2.75, 3.05) is 5.32 Å². The summed E-state index contributed by atoms with van der Waals surface area (Å²) in [4.78, 5) is 5.23. The van der Waals surface area contributed by atoms with E-state index in [4.69, 9.17) is 4.99 Å². The molecular formula is C40H26N4S. The van der Waals surface area contributed by atoms with Gasteiger partial charge in [-0.2, -0.15) is 5.26 Å². The molecule has 212 valence electrons. The average molecular weight is 595 g/mol. The molecule has 9 rings (SSSR count). The standard InChI is InChI=1S/C40H26N4S/c1-24-22-27(18-19-28(24)38-36-26(23-41)12-9-15-32(36)42-40(43-38)25-10-3-2-4-11-25)44-33-16-7-5-14-31(33)37-34(44)21-20-30-29-13-6-8-17-35(29)45-39(30)37/h2-22,38H,1H3,(H,42,43). The predicted molar refractivity (Wildman–Crippen MR) is 188 cm³/mol. The highest BCUT2D eigenvalue weighted by Gasteiger charge is 2.28. The molecule has 45 heavy (non-hydrogen) atoms. The highest BCUT2D eigenvalue weighted by atomic mass is 32.1. The maximum Gasteiger partial charge on any atom is 0.133 e. The quantitative estimate of drug-likeness (QED) is 0.221. The second-order valence-corrected chi connectivity index (χ2v) is 12.6. The Morgan fingerprint density at radius 3 is 2.40 bits per heavy atom. The minimum absolute atomic E-state index is 0.308. The molecule has 8 aromatic rings. The van der Waals surface area contributed by atoms with Crippen LogP contribution in [0.3, 0.4) is 0 Å². The second-order valence-electron chi connectivity index (χ2n) is 11.6. The van der Waals surface area contributed by atoms with E-state index in [0.717, 1.165) is 39.5 Å². The largest absolute Gasteiger partial charge is 0.340 e. The van der Waals surface area contributed by atoms with Gasteiger partial charge in [0.25, 0.3) is 0 Å². The number of aryl methyl sites for hydroxylation is 1. The number of amidine groups is 1. The number of fused-ring (bicyclic) bond motifs is 8. The number of nitrogens with one attached hydrogen (secondary N) is 1. The lowest BCUT2D eigenvalue weighted by molar-refractivity contribution is 0.849. The molecule has 0 bridgehead atoms. The average Bonchev–Trinajstić information content (AvgIpc) is 3.64. The van der Waals surface area contributed by atoms with E-state index < -0.39 is 0 Å². The highest BCUT2D eigenvalue weighted by molar-refractivity contribution is 7.26. The fourth-order valence-electron chi connectivity index (χ4n) is 7.01. The first-order valence-corrected chi connectivity index (χ1v) is 15.9. The first-order chi connectivity index (χ1) is 22.2. The minimum atomic E-state index is -0.308. The van der Waals surface area contributed by atoms with Crippen molar-refractivity contribution < 1.29 is 0 Å². The molecule has 1 unspecified atom stereocenters. The maximum absolute atomic E-state index is 10.1. The number of anilines is 1. The lowest BCUT2D eigenvalue weighted by Crippen LogP contribution is -2.23. The number of nitriles is 1. The van der Waals surface area contributed by atoms with Gasteiger partial charge in [-0.05, 0) is 60.5 Å². The first-order valence-electron chi connectivity index (χ1n) is 15.1. The molecule has 0 amide bonds. The lowest BCUT2D eigenvalue weighted by atomic mass is 9.89. The van der Waals surface area contributed by atoms with Crippen LogP contribution < -0.4 is 5.32 Å². The molecule has 0 spiro atoms. The number of thiophene rings is 1. The summed E-state index contributed by atoms with van der Waals surface area (Å²) in [5.74, 6) is 0.807. The van der Waals surface area contributed by atoms with E-state index in [9.17, 15) is 5.26 Å². The van der Waals surface area contributed by atoms with Crippen molar-refractivity contribution in [2.45, 2.75) is 13.0 Å². The third kappa shape index (κ3) is 3.86. The lowest BCUT2D eigenvalue weighted by Gasteiger charge is -2.28. The van der Waals surface area contributed by atoms with Crippen LogP contribution in [0.2, 0.25) is 0 Å². The van der Waals surface area contributed by atoms with Crippen LogP contribution >= 0.6 is 11.3 Å². The molecule has 2 aromatic heterocycles. The Labute approximate surface area is 264 Å². The molecule has 1 aliphatic rings. The van der Waals surface area contributed by atoms with Gasteiger partial charge in [0.1, 0.15) is 11.9 Å². The van der Waals surface area contributed by atoms with Gasteiger partial charge >= 0.3 is 0 Å². The Morgan fingerprint density at radius 2 is 1.56 bits per heavy atom. The fraction of sp³-hybridized carbons (Fsp3) is 0.0500. The van der Waals surface area contributed by atoms with Gasteiger partial charge in [0.2, 0.25) is 0 Å². The van der Waals surface area contributed by atoms with Crippen molar-refractivity contribution in [3.05, 3.63) is 155 Å². The summed E-state index contributed by atoms with van der Waals surface area (Å²) in [7, 11) is 0. The monoisotopic (exact) mass is 594 g/mol. The molecule has 4 nitrogen and oxygen atoms in total. The van der Waals surface area contributed by atoms with E-state index in [0.29, 0.717) is 5.56 Å². The third-order valence-corrected chi connectivity index (χ3v) is 10.2. The van der Waals surface area contributed by atoms with Crippen LogP contribution in [0.1, 0.15) is 33.9 Å². The number of para-hydroxylation sites is 1. The molecule has 1 aliphatic heterocycles. The molecule has 1 atom stereocenters. The summed E-state index contributed by atoms with van der Waals surface area (Å²) in [6, 6.07) is 46.8. The van der Waals surface area contributed by atoms with Crippen LogP contribution in [0.15, 0.2) is 132 Å². The van der Waals surface area contributed by atoms with Crippen molar-refractivity contribution >= 4 is 64.8 Å². The Bertz CT molecular complexity index is 2550. The molecule has 0 saturated heterocycles. The molecule has 3 heterocycles. The minimum Gasteiger partial charge on any atom is -0.340 e. The zero-order valence-corrected chi connectivity index (χ0v) is 25.3. The van der Waals surface area contributed by atoms with Gasteiger partial charge in [0.05, 0.1) is 22.7 Å². The summed E-state index contributed by atoms with van der Waals surface area (Å²) >= 11 is 1.87. The van der Waals surface area contributed by atoms with Crippen LogP contribution in [0, 0.1) is 18.3 Å². The van der Waals surface area contributed by atoms with Gasteiger partial charge in [-0.25, -0.2) is 0 Å². The first kappa shape index (κ1) is 25.8. The predicted octanol–water partition coefficient (Wildman–Crippen LogP) is 10.3. The molecule has 5 heteroatoms. The van der Waals surface area contributed by atoms with Crippen molar-refractivity contribution in [1.29, 1.82) is 5.26 Å². The van der Waals surface area contributed by atoms with Gasteiger partial charge < -0.3 is 9.88 Å². The number of nitrogens with zero attached hydrogens (tertiary/aromatic N) is 3. The summed E-state index contributed by atoms with van der Waals surface area (Å²) < 4.78 is 5.03. The van der Waals surface area contributed by atoms with E-state index in [1.807, 2.05) is 47.7 Å². The second kappa shape index (κ2) is 9.92. The smallest absolute Gasteiger partial charge is 0.133 e. The molecular weight excluding hydrogens is 569 g/mol. The number of benzene rings is 6. The zero-order valence-electron chi connectivity index (χ0n) is 24.5. The van der Waals surface area contributed by atoms with Crippen molar-refractivity contribution in [1.82, 2.24) is 4.57 Å². The zero-order chi connectivity index (χ0) is 30.1. The van der Waals surface area contributed by atoms with Crippen molar-refractivity contribution in [2.24, 2.45) is 4.99 Å². The van der Waals surface area contributed by atoms with Gasteiger partial charge in [-0.1, -0.05) is 84.9 Å². The van der Waals surface area contributed by atoms with Crippen LogP contribution in [-0.4, -0.2) is 10.4 Å². The van der Waals surface area contributed by atoms with Gasteiger partial charge in [-0.15, -0.1) is 11.3 Å². The Morgan fingerprint density at radius 1 is 0.756 bits per heavy atom. The van der Waals surface area contributed by atoms with E-state index in [1.54, 1.807) is 0 Å². The number of rotatable bonds is 3. The van der Waals surface area contributed by atoms with Crippen molar-refractivity contribution in [3.8, 4) is 11.8 Å². The van der Waals surface area contributed by atoms with Gasteiger partial charge in [0, 0.05) is 53.4 Å². The third-order valence-electron chi connectivity index (χ3n) is 9.04. The molecule has 1 N–H and O–H groups in total. The van der Waals surface area contributed by atoms with E-state index >= 15 is 0 Å². The summed E-state index contributed by atoms with van der Waals surface area (Å²) in [6.07, 6.45) is 0. The number of hydrogen-bond donors (Lipinski definition) is 1. The van der Waals surface area contributed by atoms with Crippen LogP contribution in [-0.2, 0) is 0 Å². The van der Waals surface area contributed by atoms with E-state index in [1.165, 1.54) is 42.0 Å². The van der Waals surface area contributed by atoms with Gasteiger partial charge in [0.15, 0.2) is 0 Å². The topological polar surface area (TPSA) is 53.1 Å². The van der Waals surface area contributed by atoms with Crippen LogP contribution in [0.4, 0.5) is 5.69 Å².